The Balaban J connectivity index is 1.66. The number of carbonyl (C=O) groups is 2. The zero-order chi connectivity index (χ0) is 27.7. The lowest BCUT2D eigenvalue weighted by Crippen LogP contribution is -2.30. The maximum atomic E-state index is 13.5. The maximum absolute atomic E-state index is 13.5. The van der Waals surface area contributed by atoms with Crippen LogP contribution in [0.2, 0.25) is 0 Å². The number of rotatable bonds is 8. The third kappa shape index (κ3) is 4.54. The van der Waals surface area contributed by atoms with Crippen molar-refractivity contribution in [3.63, 3.8) is 0 Å². The van der Waals surface area contributed by atoms with Crippen molar-refractivity contribution in [1.29, 1.82) is 0 Å². The summed E-state index contributed by atoms with van der Waals surface area (Å²) >= 11 is 0. The number of nitrogens with one attached hydrogen (secondary N) is 1. The third-order valence-electron chi connectivity index (χ3n) is 6.53. The zero-order valence-electron chi connectivity index (χ0n) is 22.0. The number of aromatic amines is 1. The fourth-order valence-corrected chi connectivity index (χ4v) is 4.63. The van der Waals surface area contributed by atoms with Crippen molar-refractivity contribution >= 4 is 34.4 Å². The molecule has 0 saturated carbocycles. The van der Waals surface area contributed by atoms with Gasteiger partial charge in [-0.25, -0.2) is 4.98 Å². The first-order chi connectivity index (χ1) is 18.9. The third-order valence-corrected chi connectivity index (χ3v) is 6.53. The maximum Gasteiger partial charge on any atom is 0.302 e. The minimum absolute atomic E-state index is 0.0871. The summed E-state index contributed by atoms with van der Waals surface area (Å²) in [5, 5.41) is 11.4. The van der Waals surface area contributed by atoms with Gasteiger partial charge in [-0.05, 0) is 49.2 Å². The molecule has 2 aromatic heterocycles. The number of Topliss-reactive ketones (excluding diaryl/α,β-unsaturated/α-hetero) is 1. The molecule has 1 amide bonds. The van der Waals surface area contributed by atoms with Crippen LogP contribution in [-0.2, 0) is 9.59 Å². The van der Waals surface area contributed by atoms with Gasteiger partial charge >= 0.3 is 5.91 Å². The second-order valence-corrected chi connectivity index (χ2v) is 9.04. The molecule has 1 fully saturated rings. The number of amides is 1. The average molecular weight is 529 g/mol. The molecule has 39 heavy (non-hydrogen) atoms. The molecular weight excluding hydrogens is 500 g/mol. The van der Waals surface area contributed by atoms with Crippen LogP contribution in [0.25, 0.3) is 16.8 Å². The van der Waals surface area contributed by atoms with E-state index in [4.69, 9.17) is 14.2 Å². The molecule has 5 rings (SSSR count). The number of nitrogens with zero attached hydrogens (tertiary/aromatic N) is 3. The topological polar surface area (TPSA) is 127 Å². The molecule has 0 bridgehead atoms. The standard InChI is InChI=1S/C29H28N4O6/c1-5-12-39-21-10-9-17(13-16(21)2)26(34)24-25(18-8-6-7-11-30-18)33(28(36)27(24)35)29-31-19-14-22(37-3)23(38-4)15-20(19)32-29/h6-11,13-15,25,34H,5,12H2,1-4H3,(H,31,32)/b26-24+. The molecule has 0 spiro atoms. The van der Waals surface area contributed by atoms with Crippen molar-refractivity contribution in [3.8, 4) is 17.2 Å². The summed E-state index contributed by atoms with van der Waals surface area (Å²) in [6, 6.07) is 12.7. The smallest absolute Gasteiger partial charge is 0.302 e. The molecule has 0 radical (unpaired) electrons. The van der Waals surface area contributed by atoms with Crippen LogP contribution in [0, 0.1) is 6.92 Å². The van der Waals surface area contributed by atoms with E-state index in [2.05, 4.69) is 15.0 Å². The van der Waals surface area contributed by atoms with Crippen molar-refractivity contribution in [1.82, 2.24) is 15.0 Å². The van der Waals surface area contributed by atoms with Crippen molar-refractivity contribution < 1.29 is 28.9 Å². The number of H-pyrrole nitrogens is 1. The molecule has 200 valence electrons. The Kier molecular flexibility index (Phi) is 6.93. The molecule has 2 aromatic carbocycles. The first kappa shape index (κ1) is 25.8. The Bertz CT molecular complexity index is 1550. The van der Waals surface area contributed by atoms with Crippen LogP contribution in [0.15, 0.2) is 60.3 Å². The molecular formula is C29H28N4O6. The van der Waals surface area contributed by atoms with E-state index >= 15 is 0 Å². The first-order valence-electron chi connectivity index (χ1n) is 12.4. The molecule has 10 heteroatoms. The van der Waals surface area contributed by atoms with Gasteiger partial charge in [0.25, 0.3) is 5.78 Å². The van der Waals surface area contributed by atoms with Gasteiger partial charge in [0, 0.05) is 23.9 Å². The number of ether oxygens (including phenoxy) is 3. The van der Waals surface area contributed by atoms with E-state index in [1.165, 1.54) is 19.1 Å². The van der Waals surface area contributed by atoms with Gasteiger partial charge in [0.2, 0.25) is 5.95 Å². The molecule has 1 aliphatic heterocycles. The molecule has 1 aliphatic rings. The monoisotopic (exact) mass is 528 g/mol. The predicted octanol–water partition coefficient (Wildman–Crippen LogP) is 4.70. The molecule has 1 unspecified atom stereocenters. The molecule has 10 nitrogen and oxygen atoms in total. The Morgan fingerprint density at radius 2 is 1.82 bits per heavy atom. The van der Waals surface area contributed by atoms with E-state index in [0.29, 0.717) is 46.1 Å². The van der Waals surface area contributed by atoms with Crippen LogP contribution < -0.4 is 19.1 Å². The summed E-state index contributed by atoms with van der Waals surface area (Å²) in [6.07, 6.45) is 2.42. The molecule has 4 aromatic rings. The number of aryl methyl sites for hydroxylation is 1. The summed E-state index contributed by atoms with van der Waals surface area (Å²) in [6.45, 7) is 4.43. The van der Waals surface area contributed by atoms with Gasteiger partial charge in [-0.3, -0.25) is 19.5 Å². The van der Waals surface area contributed by atoms with E-state index in [0.717, 1.165) is 12.0 Å². The summed E-state index contributed by atoms with van der Waals surface area (Å²) in [4.78, 5) is 40.2. The van der Waals surface area contributed by atoms with Crippen molar-refractivity contribution in [2.45, 2.75) is 26.3 Å². The number of carbonyl (C=O) groups excluding carboxylic acids is 2. The van der Waals surface area contributed by atoms with Crippen LogP contribution in [0.3, 0.4) is 0 Å². The molecule has 3 heterocycles. The van der Waals surface area contributed by atoms with Crippen molar-refractivity contribution in [2.75, 3.05) is 25.7 Å². The number of pyridine rings is 1. The fourth-order valence-electron chi connectivity index (χ4n) is 4.63. The number of anilines is 1. The summed E-state index contributed by atoms with van der Waals surface area (Å²) in [5.41, 5.74) is 2.56. The molecule has 1 saturated heterocycles. The number of aliphatic hydroxyl groups excluding tert-OH is 1. The predicted molar refractivity (Wildman–Crippen MR) is 145 cm³/mol. The number of benzene rings is 2. The number of hydrogen-bond donors (Lipinski definition) is 2. The number of hydrogen-bond acceptors (Lipinski definition) is 8. The van der Waals surface area contributed by atoms with Crippen molar-refractivity contribution in [2.24, 2.45) is 0 Å². The van der Waals surface area contributed by atoms with E-state index in [9.17, 15) is 14.7 Å². The Morgan fingerprint density at radius 3 is 2.49 bits per heavy atom. The quantitative estimate of drug-likeness (QED) is 0.191. The SMILES string of the molecule is CCCOc1ccc(/C(O)=C2\C(=O)C(=O)N(c3nc4cc(OC)c(OC)cc4[nH]3)C2c2ccccn2)cc1C. The van der Waals surface area contributed by atoms with Crippen LogP contribution in [0.1, 0.15) is 36.2 Å². The summed E-state index contributed by atoms with van der Waals surface area (Å²) in [7, 11) is 3.03. The van der Waals surface area contributed by atoms with E-state index < -0.39 is 17.7 Å². The Hall–Kier alpha value is -4.86. The van der Waals surface area contributed by atoms with Crippen LogP contribution in [0.5, 0.6) is 17.2 Å². The number of aliphatic hydroxyl groups is 1. The van der Waals surface area contributed by atoms with Gasteiger partial charge in [-0.15, -0.1) is 0 Å². The lowest BCUT2D eigenvalue weighted by atomic mass is 9.97. The average Bonchev–Trinajstić information content (AvgIpc) is 3.48. The molecule has 1 atom stereocenters. The Morgan fingerprint density at radius 1 is 1.05 bits per heavy atom. The largest absolute Gasteiger partial charge is 0.507 e. The van der Waals surface area contributed by atoms with Crippen LogP contribution >= 0.6 is 0 Å². The van der Waals surface area contributed by atoms with Crippen molar-refractivity contribution in [3.05, 3.63) is 77.1 Å². The van der Waals surface area contributed by atoms with Gasteiger partial charge in [0.05, 0.1) is 43.1 Å². The first-order valence-corrected chi connectivity index (χ1v) is 12.4. The number of methoxy groups -OCH3 is 2. The highest BCUT2D eigenvalue weighted by Gasteiger charge is 2.49. The van der Waals surface area contributed by atoms with Gasteiger partial charge in [-0.2, -0.15) is 0 Å². The normalized spacial score (nSPS) is 16.6. The van der Waals surface area contributed by atoms with Crippen LogP contribution in [0.4, 0.5) is 5.95 Å². The van der Waals surface area contributed by atoms with Gasteiger partial charge in [-0.1, -0.05) is 13.0 Å². The van der Waals surface area contributed by atoms with E-state index in [-0.39, 0.29) is 17.3 Å². The minimum Gasteiger partial charge on any atom is -0.507 e. The number of ketones is 1. The zero-order valence-corrected chi connectivity index (χ0v) is 22.0. The van der Waals surface area contributed by atoms with Crippen LogP contribution in [-0.4, -0.2) is 52.6 Å². The highest BCUT2D eigenvalue weighted by molar-refractivity contribution is 6.51. The minimum atomic E-state index is -1.02. The Labute approximate surface area is 224 Å². The second-order valence-electron chi connectivity index (χ2n) is 9.04. The van der Waals surface area contributed by atoms with E-state index in [1.54, 1.807) is 54.7 Å². The molecule has 2 N–H and O–H groups in total. The van der Waals surface area contributed by atoms with E-state index in [1.807, 2.05) is 13.8 Å². The summed E-state index contributed by atoms with van der Waals surface area (Å²) in [5.74, 6) is -0.248. The highest BCUT2D eigenvalue weighted by atomic mass is 16.5. The highest BCUT2D eigenvalue weighted by Crippen LogP contribution is 2.42. The molecule has 0 aliphatic carbocycles. The summed E-state index contributed by atoms with van der Waals surface area (Å²) < 4.78 is 16.5. The van der Waals surface area contributed by atoms with Gasteiger partial charge in [0.15, 0.2) is 11.5 Å². The lowest BCUT2D eigenvalue weighted by Gasteiger charge is -2.22. The van der Waals surface area contributed by atoms with Gasteiger partial charge < -0.3 is 24.3 Å². The van der Waals surface area contributed by atoms with Gasteiger partial charge in [0.1, 0.15) is 17.6 Å². The second kappa shape index (κ2) is 10.5. The fraction of sp³-hybridized carbons (Fsp3) is 0.241. The number of aromatic nitrogens is 3. The number of fused-ring (bicyclic) bond motifs is 1. The lowest BCUT2D eigenvalue weighted by molar-refractivity contribution is -0.132. The number of imidazole rings is 1.